The summed E-state index contributed by atoms with van der Waals surface area (Å²) in [7, 11) is 0. The molecule has 1 aliphatic rings. The van der Waals surface area contributed by atoms with Crippen molar-refractivity contribution >= 4 is 5.91 Å². The minimum Gasteiger partial charge on any atom is -0.287 e. The van der Waals surface area contributed by atoms with Crippen LogP contribution in [0.15, 0.2) is 24.3 Å². The number of aryl methyl sites for hydroxylation is 1. The van der Waals surface area contributed by atoms with Crippen molar-refractivity contribution in [2.24, 2.45) is 5.41 Å². The number of nitrogens with one attached hydrogen (secondary N) is 1. The van der Waals surface area contributed by atoms with E-state index in [-0.39, 0.29) is 18.0 Å². The summed E-state index contributed by atoms with van der Waals surface area (Å²) in [6.45, 7) is 4.92. The number of hydrogen-bond donors (Lipinski definition) is 1. The quantitative estimate of drug-likeness (QED) is 0.906. The van der Waals surface area contributed by atoms with Crippen LogP contribution in [0.5, 0.6) is 0 Å². The van der Waals surface area contributed by atoms with Crippen LogP contribution in [0.2, 0.25) is 0 Å². The summed E-state index contributed by atoms with van der Waals surface area (Å²) in [4.78, 5) is 11.7. The van der Waals surface area contributed by atoms with Crippen molar-refractivity contribution in [2.75, 3.05) is 6.54 Å². The highest BCUT2D eigenvalue weighted by atomic mass is 19.4. The molecule has 6 heteroatoms. The van der Waals surface area contributed by atoms with Gasteiger partial charge in [0.1, 0.15) is 6.04 Å². The second-order valence-corrected chi connectivity index (χ2v) is 5.75. The van der Waals surface area contributed by atoms with Crippen LogP contribution in [-0.4, -0.2) is 23.6 Å². The zero-order valence-corrected chi connectivity index (χ0v) is 11.6. The van der Waals surface area contributed by atoms with E-state index in [1.807, 2.05) is 0 Å². The number of amides is 1. The van der Waals surface area contributed by atoms with E-state index in [0.29, 0.717) is 5.56 Å². The molecule has 1 saturated heterocycles. The predicted molar refractivity (Wildman–Crippen MR) is 68.6 cm³/mol. The van der Waals surface area contributed by atoms with Crippen molar-refractivity contribution in [1.82, 2.24) is 10.4 Å². The molecule has 0 aliphatic carbocycles. The first-order chi connectivity index (χ1) is 9.13. The van der Waals surface area contributed by atoms with Gasteiger partial charge in [-0.2, -0.15) is 13.2 Å². The Morgan fingerprint density at radius 2 is 1.90 bits per heavy atom. The molecule has 1 amide bonds. The van der Waals surface area contributed by atoms with Crippen molar-refractivity contribution in [3.05, 3.63) is 35.4 Å². The maximum Gasteiger partial charge on any atom is 0.409 e. The van der Waals surface area contributed by atoms with Crippen molar-refractivity contribution in [1.29, 1.82) is 0 Å². The molecule has 0 bridgehead atoms. The monoisotopic (exact) mass is 286 g/mol. The Labute approximate surface area is 115 Å². The molecule has 1 aromatic rings. The number of carbonyl (C=O) groups is 1. The van der Waals surface area contributed by atoms with Crippen molar-refractivity contribution in [3.63, 3.8) is 0 Å². The first-order valence-corrected chi connectivity index (χ1v) is 6.33. The summed E-state index contributed by atoms with van der Waals surface area (Å²) in [6, 6.07) is 4.53. The second-order valence-electron chi connectivity index (χ2n) is 5.75. The predicted octanol–water partition coefficient (Wildman–Crippen LogP) is 2.97. The third-order valence-electron chi connectivity index (χ3n) is 3.53. The van der Waals surface area contributed by atoms with Gasteiger partial charge in [-0.25, -0.2) is 5.01 Å². The molecule has 110 valence electrons. The molecule has 0 unspecified atom stereocenters. The van der Waals surface area contributed by atoms with Gasteiger partial charge in [0.25, 0.3) is 0 Å². The number of hydrogen-bond acceptors (Lipinski definition) is 2. The molecule has 1 atom stereocenters. The fourth-order valence-electron chi connectivity index (χ4n) is 2.39. The smallest absolute Gasteiger partial charge is 0.287 e. The summed E-state index contributed by atoms with van der Waals surface area (Å²) in [5, 5.41) is 0.991. The van der Waals surface area contributed by atoms with Gasteiger partial charge < -0.3 is 0 Å². The van der Waals surface area contributed by atoms with E-state index >= 15 is 0 Å². The standard InChI is InChI=1S/C14H17F3N2O/c1-9-6-4-5-7-10(9)11(14(15,16)17)19-8-13(2,3)12(20)18-19/h4-7,11H,8H2,1-3H3,(H,18,20)/t11-/m0/s1. The lowest BCUT2D eigenvalue weighted by atomic mass is 9.93. The Balaban J connectivity index is 2.41. The van der Waals surface area contributed by atoms with Gasteiger partial charge in [0.15, 0.2) is 0 Å². The highest BCUT2D eigenvalue weighted by Gasteiger charge is 2.51. The number of nitrogens with zero attached hydrogens (tertiary/aromatic N) is 1. The van der Waals surface area contributed by atoms with Gasteiger partial charge >= 0.3 is 6.18 Å². The third-order valence-corrected chi connectivity index (χ3v) is 3.53. The molecule has 0 saturated carbocycles. The molecule has 3 nitrogen and oxygen atoms in total. The minimum absolute atomic E-state index is 0.0182. The van der Waals surface area contributed by atoms with Crippen LogP contribution < -0.4 is 5.43 Å². The third kappa shape index (κ3) is 2.65. The molecule has 1 heterocycles. The molecule has 1 fully saturated rings. The van der Waals surface area contributed by atoms with Gasteiger partial charge in [-0.3, -0.25) is 10.2 Å². The maximum absolute atomic E-state index is 13.4. The van der Waals surface area contributed by atoms with Crippen LogP contribution >= 0.6 is 0 Å². The van der Waals surface area contributed by atoms with Gasteiger partial charge in [0, 0.05) is 6.54 Å². The normalized spacial score (nSPS) is 20.8. The number of hydrazine groups is 1. The molecule has 1 aliphatic heterocycles. The molecular weight excluding hydrogens is 269 g/mol. The van der Waals surface area contributed by atoms with E-state index in [0.717, 1.165) is 5.01 Å². The van der Waals surface area contributed by atoms with Gasteiger partial charge in [0.2, 0.25) is 5.91 Å². The highest BCUT2D eigenvalue weighted by molar-refractivity contribution is 5.83. The van der Waals surface area contributed by atoms with Crippen LogP contribution in [0.25, 0.3) is 0 Å². The molecule has 2 rings (SSSR count). The number of alkyl halides is 3. The van der Waals surface area contributed by atoms with Crippen molar-refractivity contribution in [3.8, 4) is 0 Å². The average molecular weight is 286 g/mol. The van der Waals surface area contributed by atoms with E-state index in [1.54, 1.807) is 39.0 Å². The van der Waals surface area contributed by atoms with Crippen LogP contribution in [-0.2, 0) is 4.79 Å². The van der Waals surface area contributed by atoms with Gasteiger partial charge in [-0.15, -0.1) is 0 Å². The Morgan fingerprint density at radius 1 is 1.30 bits per heavy atom. The van der Waals surface area contributed by atoms with Gasteiger partial charge in [-0.05, 0) is 31.9 Å². The summed E-state index contributed by atoms with van der Waals surface area (Å²) >= 11 is 0. The number of benzene rings is 1. The minimum atomic E-state index is -4.46. The molecule has 1 N–H and O–H groups in total. The first kappa shape index (κ1) is 14.8. The Morgan fingerprint density at radius 3 is 2.35 bits per heavy atom. The van der Waals surface area contributed by atoms with Crippen LogP contribution in [0, 0.1) is 12.3 Å². The van der Waals surface area contributed by atoms with Gasteiger partial charge in [-0.1, -0.05) is 24.3 Å². The second kappa shape index (κ2) is 4.77. The maximum atomic E-state index is 13.4. The van der Waals surface area contributed by atoms with Crippen molar-refractivity contribution < 1.29 is 18.0 Å². The number of carbonyl (C=O) groups excluding carboxylic acids is 1. The van der Waals surface area contributed by atoms with Crippen LogP contribution in [0.4, 0.5) is 13.2 Å². The lowest BCUT2D eigenvalue weighted by Gasteiger charge is -2.30. The lowest BCUT2D eigenvalue weighted by Crippen LogP contribution is -2.43. The van der Waals surface area contributed by atoms with Crippen LogP contribution in [0.3, 0.4) is 0 Å². The summed E-state index contributed by atoms with van der Waals surface area (Å²) in [6.07, 6.45) is -4.46. The van der Waals surface area contributed by atoms with Crippen LogP contribution in [0.1, 0.15) is 31.0 Å². The molecule has 0 spiro atoms. The average Bonchev–Trinajstić information content (AvgIpc) is 2.54. The Bertz CT molecular complexity index is 525. The van der Waals surface area contributed by atoms with E-state index < -0.39 is 17.6 Å². The van der Waals surface area contributed by atoms with Crippen molar-refractivity contribution in [2.45, 2.75) is 33.0 Å². The highest BCUT2D eigenvalue weighted by Crippen LogP contribution is 2.41. The van der Waals surface area contributed by atoms with Gasteiger partial charge in [0.05, 0.1) is 5.41 Å². The molecule has 0 radical (unpaired) electrons. The largest absolute Gasteiger partial charge is 0.409 e. The topological polar surface area (TPSA) is 32.3 Å². The summed E-state index contributed by atoms with van der Waals surface area (Å²) in [5.74, 6) is -0.389. The Kier molecular flexibility index (Phi) is 3.54. The fraction of sp³-hybridized carbons (Fsp3) is 0.500. The molecular formula is C14H17F3N2O. The van der Waals surface area contributed by atoms with E-state index in [2.05, 4.69) is 5.43 Å². The number of rotatable bonds is 2. The fourth-order valence-corrected chi connectivity index (χ4v) is 2.39. The zero-order chi connectivity index (χ0) is 15.1. The molecule has 20 heavy (non-hydrogen) atoms. The SMILES string of the molecule is Cc1ccccc1[C@H](N1CC(C)(C)C(=O)N1)C(F)(F)F. The summed E-state index contributed by atoms with van der Waals surface area (Å²) < 4.78 is 40.3. The Hall–Kier alpha value is -1.56. The number of halogens is 3. The lowest BCUT2D eigenvalue weighted by molar-refractivity contribution is -0.191. The zero-order valence-electron chi connectivity index (χ0n) is 11.6. The first-order valence-electron chi connectivity index (χ1n) is 6.33. The molecule has 0 aromatic heterocycles. The van der Waals surface area contributed by atoms with E-state index in [9.17, 15) is 18.0 Å². The van der Waals surface area contributed by atoms with E-state index in [4.69, 9.17) is 0 Å². The molecule has 1 aromatic carbocycles. The summed E-state index contributed by atoms with van der Waals surface area (Å²) in [5.41, 5.74) is 2.24. The van der Waals surface area contributed by atoms with E-state index in [1.165, 1.54) is 6.07 Å².